The van der Waals surface area contributed by atoms with E-state index in [1.54, 1.807) is 24.4 Å². The van der Waals surface area contributed by atoms with E-state index in [2.05, 4.69) is 25.8 Å². The minimum atomic E-state index is -0.276. The largest absolute Gasteiger partial charge is 0.370 e. The molecule has 0 saturated heterocycles. The van der Waals surface area contributed by atoms with Gasteiger partial charge in [0.25, 0.3) is 5.91 Å². The van der Waals surface area contributed by atoms with Crippen molar-refractivity contribution >= 4 is 23.3 Å². The topological polar surface area (TPSA) is 79.8 Å². The van der Waals surface area contributed by atoms with Gasteiger partial charge < -0.3 is 10.6 Å². The van der Waals surface area contributed by atoms with Crippen molar-refractivity contribution in [2.45, 2.75) is 13.5 Å². The van der Waals surface area contributed by atoms with Gasteiger partial charge in [0.15, 0.2) is 0 Å². The Morgan fingerprint density at radius 1 is 1.45 bits per heavy atom. The van der Waals surface area contributed by atoms with Crippen molar-refractivity contribution in [3.05, 3.63) is 46.9 Å². The summed E-state index contributed by atoms with van der Waals surface area (Å²) >= 11 is 5.99. The molecule has 0 unspecified atom stereocenters. The quantitative estimate of drug-likeness (QED) is 0.879. The van der Waals surface area contributed by atoms with Crippen molar-refractivity contribution in [2.24, 2.45) is 0 Å². The monoisotopic (exact) mass is 291 g/mol. The number of halogens is 1. The first-order valence-corrected chi connectivity index (χ1v) is 6.52. The van der Waals surface area contributed by atoms with Gasteiger partial charge in [0, 0.05) is 18.9 Å². The first kappa shape index (κ1) is 14.2. The summed E-state index contributed by atoms with van der Waals surface area (Å²) in [6.45, 7) is 2.96. The fraction of sp³-hybridized carbons (Fsp3) is 0.231. The molecule has 6 nitrogen and oxygen atoms in total. The van der Waals surface area contributed by atoms with Gasteiger partial charge in [-0.15, -0.1) is 0 Å². The molecule has 20 heavy (non-hydrogen) atoms. The highest BCUT2D eigenvalue weighted by Gasteiger charge is 2.12. The number of nitrogens with one attached hydrogen (secondary N) is 2. The molecular formula is C13H14ClN5O. The van der Waals surface area contributed by atoms with E-state index in [9.17, 15) is 4.79 Å². The molecule has 0 aliphatic heterocycles. The maximum atomic E-state index is 12.1. The van der Waals surface area contributed by atoms with E-state index in [1.807, 2.05) is 6.92 Å². The maximum absolute atomic E-state index is 12.1. The lowest BCUT2D eigenvalue weighted by atomic mass is 10.2. The van der Waals surface area contributed by atoms with Crippen LogP contribution in [0.3, 0.4) is 0 Å². The molecule has 104 valence electrons. The summed E-state index contributed by atoms with van der Waals surface area (Å²) in [6.07, 6.45) is 3.03. The number of hydrogen-bond donors (Lipinski definition) is 2. The van der Waals surface area contributed by atoms with E-state index in [1.165, 1.54) is 6.20 Å². The van der Waals surface area contributed by atoms with Gasteiger partial charge in [-0.3, -0.25) is 4.79 Å². The van der Waals surface area contributed by atoms with Crippen LogP contribution in [-0.4, -0.2) is 27.6 Å². The average Bonchev–Trinajstić information content (AvgIpc) is 2.48. The molecule has 0 bridgehead atoms. The van der Waals surface area contributed by atoms with Crippen LogP contribution in [0.15, 0.2) is 30.6 Å². The van der Waals surface area contributed by atoms with Crippen LogP contribution in [0.5, 0.6) is 0 Å². The minimum Gasteiger partial charge on any atom is -0.370 e. The number of nitrogens with zero attached hydrogens (tertiary/aromatic N) is 3. The first-order chi connectivity index (χ1) is 9.70. The summed E-state index contributed by atoms with van der Waals surface area (Å²) in [5, 5.41) is 13.7. The van der Waals surface area contributed by atoms with Gasteiger partial charge in [-0.05, 0) is 25.1 Å². The number of carbonyl (C=O) groups is 1. The number of pyridine rings is 1. The standard InChI is InChI=1S/C13H14ClN5O/c1-2-15-12-6-10(11(14)8-16-12)13(20)17-7-9-4-3-5-18-19-9/h3-6,8H,2,7H2,1H3,(H,15,16)(H,17,20). The zero-order chi connectivity index (χ0) is 14.4. The van der Waals surface area contributed by atoms with Gasteiger partial charge in [0.05, 0.1) is 22.8 Å². The van der Waals surface area contributed by atoms with Crippen molar-refractivity contribution in [2.75, 3.05) is 11.9 Å². The summed E-state index contributed by atoms with van der Waals surface area (Å²) in [5.41, 5.74) is 1.06. The fourth-order valence-corrected chi connectivity index (χ4v) is 1.77. The fourth-order valence-electron chi connectivity index (χ4n) is 1.58. The molecule has 0 atom stereocenters. The molecule has 0 fully saturated rings. The highest BCUT2D eigenvalue weighted by molar-refractivity contribution is 6.33. The van der Waals surface area contributed by atoms with Gasteiger partial charge in [0.1, 0.15) is 5.82 Å². The van der Waals surface area contributed by atoms with Crippen LogP contribution in [-0.2, 0) is 6.54 Å². The molecule has 2 aromatic heterocycles. The SMILES string of the molecule is CCNc1cc(C(=O)NCc2cccnn2)c(Cl)cn1. The first-order valence-electron chi connectivity index (χ1n) is 6.15. The number of hydrogen-bond acceptors (Lipinski definition) is 5. The highest BCUT2D eigenvalue weighted by Crippen LogP contribution is 2.17. The molecule has 0 spiro atoms. The number of anilines is 1. The van der Waals surface area contributed by atoms with Gasteiger partial charge in [-0.1, -0.05) is 11.6 Å². The summed E-state index contributed by atoms with van der Waals surface area (Å²) in [4.78, 5) is 16.2. The number of amides is 1. The third-order valence-corrected chi connectivity index (χ3v) is 2.82. The summed E-state index contributed by atoms with van der Waals surface area (Å²) in [7, 11) is 0. The molecule has 0 aliphatic rings. The lowest BCUT2D eigenvalue weighted by Gasteiger charge is -2.08. The molecule has 7 heteroatoms. The molecule has 0 aliphatic carbocycles. The Labute approximate surface area is 121 Å². The van der Waals surface area contributed by atoms with Crippen LogP contribution < -0.4 is 10.6 Å². The molecule has 0 aromatic carbocycles. The van der Waals surface area contributed by atoms with Gasteiger partial charge >= 0.3 is 0 Å². The average molecular weight is 292 g/mol. The van der Waals surface area contributed by atoms with Crippen LogP contribution in [0.1, 0.15) is 23.0 Å². The minimum absolute atomic E-state index is 0.276. The molecule has 1 amide bonds. The predicted molar refractivity (Wildman–Crippen MR) is 76.6 cm³/mol. The third kappa shape index (κ3) is 3.64. The third-order valence-electron chi connectivity index (χ3n) is 2.52. The lowest BCUT2D eigenvalue weighted by molar-refractivity contribution is 0.0950. The van der Waals surface area contributed by atoms with Crippen molar-refractivity contribution in [1.82, 2.24) is 20.5 Å². The molecule has 2 heterocycles. The summed E-state index contributed by atoms with van der Waals surface area (Å²) in [5.74, 6) is 0.337. The normalized spacial score (nSPS) is 10.1. The highest BCUT2D eigenvalue weighted by atomic mass is 35.5. The van der Waals surface area contributed by atoms with E-state index in [0.717, 1.165) is 6.54 Å². The Morgan fingerprint density at radius 3 is 3.00 bits per heavy atom. The predicted octanol–water partition coefficient (Wildman–Crippen LogP) is 1.89. The lowest BCUT2D eigenvalue weighted by Crippen LogP contribution is -2.24. The van der Waals surface area contributed by atoms with E-state index in [4.69, 9.17) is 11.6 Å². The zero-order valence-corrected chi connectivity index (χ0v) is 11.7. The molecule has 2 rings (SSSR count). The maximum Gasteiger partial charge on any atom is 0.253 e. The second kappa shape index (κ2) is 6.81. The van der Waals surface area contributed by atoms with Crippen LogP contribution in [0.25, 0.3) is 0 Å². The summed E-state index contributed by atoms with van der Waals surface area (Å²) in [6, 6.07) is 5.17. The molecule has 2 N–H and O–H groups in total. The second-order valence-electron chi connectivity index (χ2n) is 3.98. The van der Waals surface area contributed by atoms with Gasteiger partial charge in [-0.25, -0.2) is 4.98 Å². The Hall–Kier alpha value is -2.21. The Kier molecular flexibility index (Phi) is 4.84. The zero-order valence-electron chi connectivity index (χ0n) is 10.9. The van der Waals surface area contributed by atoms with Crippen LogP contribution >= 0.6 is 11.6 Å². The summed E-state index contributed by atoms with van der Waals surface area (Å²) < 4.78 is 0. The smallest absolute Gasteiger partial charge is 0.253 e. The van der Waals surface area contributed by atoms with Gasteiger partial charge in [-0.2, -0.15) is 10.2 Å². The van der Waals surface area contributed by atoms with E-state index >= 15 is 0 Å². The van der Waals surface area contributed by atoms with Crippen molar-refractivity contribution in [3.8, 4) is 0 Å². The van der Waals surface area contributed by atoms with Crippen LogP contribution in [0.2, 0.25) is 5.02 Å². The second-order valence-corrected chi connectivity index (χ2v) is 4.38. The molecule has 0 saturated carbocycles. The molecule has 0 radical (unpaired) electrons. The van der Waals surface area contributed by atoms with Crippen molar-refractivity contribution in [1.29, 1.82) is 0 Å². The van der Waals surface area contributed by atoms with Crippen LogP contribution in [0.4, 0.5) is 5.82 Å². The number of rotatable bonds is 5. The number of carbonyl (C=O) groups excluding carboxylic acids is 1. The Bertz CT molecular complexity index is 591. The van der Waals surface area contributed by atoms with Gasteiger partial charge in [0.2, 0.25) is 0 Å². The Morgan fingerprint density at radius 2 is 2.30 bits per heavy atom. The number of aromatic nitrogens is 3. The van der Waals surface area contributed by atoms with Crippen LogP contribution in [0, 0.1) is 0 Å². The molecule has 2 aromatic rings. The van der Waals surface area contributed by atoms with E-state index in [0.29, 0.717) is 28.6 Å². The van der Waals surface area contributed by atoms with Crippen molar-refractivity contribution in [3.63, 3.8) is 0 Å². The molecular weight excluding hydrogens is 278 g/mol. The van der Waals surface area contributed by atoms with E-state index in [-0.39, 0.29) is 5.91 Å². The van der Waals surface area contributed by atoms with Crippen molar-refractivity contribution < 1.29 is 4.79 Å². The van der Waals surface area contributed by atoms with E-state index < -0.39 is 0 Å². The Balaban J connectivity index is 2.06.